The second kappa shape index (κ2) is 9.37. The Morgan fingerprint density at radius 1 is 1.06 bits per heavy atom. The van der Waals surface area contributed by atoms with E-state index in [0.29, 0.717) is 17.0 Å². The lowest BCUT2D eigenvalue weighted by Crippen LogP contribution is -2.05. The maximum absolute atomic E-state index is 14.1. The van der Waals surface area contributed by atoms with Crippen molar-refractivity contribution in [2.75, 3.05) is 0 Å². The number of halogens is 4. The van der Waals surface area contributed by atoms with Gasteiger partial charge in [0, 0.05) is 33.0 Å². The van der Waals surface area contributed by atoms with Gasteiger partial charge in [0.2, 0.25) is 0 Å². The Balaban J connectivity index is 1.77. The van der Waals surface area contributed by atoms with Crippen LogP contribution in [0.15, 0.2) is 71.2 Å². The average Bonchev–Trinajstić information content (AvgIpc) is 3.15. The van der Waals surface area contributed by atoms with Crippen LogP contribution >= 0.6 is 27.5 Å². The highest BCUT2D eigenvalue weighted by Gasteiger charge is 2.17. The number of nitrogens with zero attached hydrogens (tertiary/aromatic N) is 1. The molecule has 0 saturated carbocycles. The molecule has 0 bridgehead atoms. The molecule has 4 nitrogen and oxygen atoms in total. The minimum Gasteiger partial charge on any atom is -0.488 e. The molecule has 8 heteroatoms. The quantitative estimate of drug-likeness (QED) is 0.281. The van der Waals surface area contributed by atoms with Crippen molar-refractivity contribution in [3.05, 3.63) is 105 Å². The number of benzene rings is 3. The Bertz CT molecular complexity index is 1370. The van der Waals surface area contributed by atoms with Crippen molar-refractivity contribution in [2.45, 2.75) is 13.5 Å². The minimum absolute atomic E-state index is 0.00860. The lowest BCUT2D eigenvalue weighted by Gasteiger charge is -2.17. The molecule has 0 aliphatic heterocycles. The van der Waals surface area contributed by atoms with Crippen LogP contribution in [0.3, 0.4) is 0 Å². The summed E-state index contributed by atoms with van der Waals surface area (Å²) < 4.78 is 35.9. The van der Waals surface area contributed by atoms with Crippen LogP contribution in [0.25, 0.3) is 16.9 Å². The zero-order valence-electron chi connectivity index (χ0n) is 17.3. The van der Waals surface area contributed by atoms with Crippen LogP contribution in [0, 0.1) is 18.6 Å². The predicted octanol–water partition coefficient (Wildman–Crippen LogP) is 7.42. The maximum atomic E-state index is 14.1. The third kappa shape index (κ3) is 4.79. The Labute approximate surface area is 202 Å². The fraction of sp³-hybridized carbons (Fsp3) is 0.0800. The largest absolute Gasteiger partial charge is 0.488 e. The van der Waals surface area contributed by atoms with Crippen LogP contribution < -0.4 is 4.74 Å². The molecule has 0 atom stereocenters. The van der Waals surface area contributed by atoms with Gasteiger partial charge in [-0.15, -0.1) is 0 Å². The van der Waals surface area contributed by atoms with Gasteiger partial charge in [0.1, 0.15) is 24.0 Å². The van der Waals surface area contributed by atoms with Crippen molar-refractivity contribution in [3.8, 4) is 22.7 Å². The van der Waals surface area contributed by atoms with Gasteiger partial charge in [-0.3, -0.25) is 0 Å². The molecule has 3 aromatic carbocycles. The van der Waals surface area contributed by atoms with Crippen LogP contribution in [-0.2, 0) is 6.61 Å². The van der Waals surface area contributed by atoms with Gasteiger partial charge in [0.25, 0.3) is 0 Å². The number of ether oxygens (including phenoxy) is 1. The van der Waals surface area contributed by atoms with E-state index in [2.05, 4.69) is 15.9 Å². The number of aryl methyl sites for hydroxylation is 1. The number of carboxylic acid groups (broad SMARTS) is 1. The molecule has 0 aliphatic carbocycles. The van der Waals surface area contributed by atoms with Crippen molar-refractivity contribution >= 4 is 33.5 Å². The number of carbonyl (C=O) groups is 1. The van der Waals surface area contributed by atoms with Crippen LogP contribution in [-0.4, -0.2) is 15.6 Å². The van der Waals surface area contributed by atoms with Crippen molar-refractivity contribution < 1.29 is 23.4 Å². The van der Waals surface area contributed by atoms with Gasteiger partial charge in [0.15, 0.2) is 0 Å². The van der Waals surface area contributed by atoms with Gasteiger partial charge in [-0.1, -0.05) is 27.5 Å². The number of hydrogen-bond acceptors (Lipinski definition) is 2. The molecule has 1 aromatic heterocycles. The van der Waals surface area contributed by atoms with Crippen LogP contribution in [0.4, 0.5) is 8.78 Å². The molecule has 0 aliphatic rings. The molecule has 1 N–H and O–H groups in total. The average molecular weight is 533 g/mol. The Kier molecular flexibility index (Phi) is 6.54. The van der Waals surface area contributed by atoms with E-state index >= 15 is 0 Å². The number of aromatic nitrogens is 1. The van der Waals surface area contributed by atoms with Gasteiger partial charge < -0.3 is 14.4 Å². The molecule has 1 heterocycles. The second-order valence-corrected chi connectivity index (χ2v) is 8.65. The first-order chi connectivity index (χ1) is 15.7. The molecule has 0 amide bonds. The topological polar surface area (TPSA) is 51.5 Å². The van der Waals surface area contributed by atoms with Crippen LogP contribution in [0.1, 0.15) is 21.6 Å². The number of rotatable bonds is 6. The highest BCUT2D eigenvalue weighted by atomic mass is 79.9. The van der Waals surface area contributed by atoms with Gasteiger partial charge >= 0.3 is 5.97 Å². The van der Waals surface area contributed by atoms with Crippen molar-refractivity contribution in [2.24, 2.45) is 0 Å². The summed E-state index contributed by atoms with van der Waals surface area (Å²) in [6.45, 7) is 1.80. The van der Waals surface area contributed by atoms with E-state index in [1.807, 2.05) is 29.7 Å². The number of aromatic carboxylic acids is 1. The Morgan fingerprint density at radius 3 is 2.58 bits per heavy atom. The summed E-state index contributed by atoms with van der Waals surface area (Å²) in [6, 6.07) is 17.3. The van der Waals surface area contributed by atoms with E-state index in [4.69, 9.17) is 16.3 Å². The summed E-state index contributed by atoms with van der Waals surface area (Å²) in [5.41, 5.74) is 3.13. The van der Waals surface area contributed by atoms with E-state index in [0.717, 1.165) is 21.9 Å². The van der Waals surface area contributed by atoms with Gasteiger partial charge in [0.05, 0.1) is 16.3 Å². The summed E-state index contributed by atoms with van der Waals surface area (Å²) in [5.74, 6) is -1.98. The van der Waals surface area contributed by atoms with Gasteiger partial charge in [-0.25, -0.2) is 13.6 Å². The maximum Gasteiger partial charge on any atom is 0.337 e. The molecule has 4 aromatic rings. The predicted molar refractivity (Wildman–Crippen MR) is 126 cm³/mol. The van der Waals surface area contributed by atoms with E-state index < -0.39 is 17.6 Å². The normalized spacial score (nSPS) is 10.9. The third-order valence-corrected chi connectivity index (χ3v) is 5.95. The number of carboxylic acids is 1. The summed E-state index contributed by atoms with van der Waals surface area (Å²) in [4.78, 5) is 11.6. The zero-order valence-corrected chi connectivity index (χ0v) is 19.6. The third-order valence-electron chi connectivity index (χ3n) is 5.13. The second-order valence-electron chi connectivity index (χ2n) is 7.33. The van der Waals surface area contributed by atoms with Gasteiger partial charge in [-0.05, 0) is 67.6 Å². The molecule has 168 valence electrons. The first kappa shape index (κ1) is 23.0. The number of hydrogen-bond donors (Lipinski definition) is 1. The highest BCUT2D eigenvalue weighted by Crippen LogP contribution is 2.36. The van der Waals surface area contributed by atoms with E-state index in [9.17, 15) is 18.7 Å². The summed E-state index contributed by atoms with van der Waals surface area (Å²) in [7, 11) is 0. The Hall–Kier alpha value is -3.16. The molecule has 0 saturated heterocycles. The van der Waals surface area contributed by atoms with Crippen molar-refractivity contribution in [3.63, 3.8) is 0 Å². The molecule has 0 spiro atoms. The van der Waals surface area contributed by atoms with Crippen LogP contribution in [0.5, 0.6) is 5.75 Å². The summed E-state index contributed by atoms with van der Waals surface area (Å²) in [5, 5.41) is 9.61. The molecule has 0 radical (unpaired) electrons. The molecule has 4 rings (SSSR count). The van der Waals surface area contributed by atoms with Crippen molar-refractivity contribution in [1.82, 2.24) is 4.57 Å². The minimum atomic E-state index is -1.12. The van der Waals surface area contributed by atoms with E-state index in [-0.39, 0.29) is 22.8 Å². The van der Waals surface area contributed by atoms with E-state index in [1.54, 1.807) is 24.3 Å². The Morgan fingerprint density at radius 2 is 1.85 bits per heavy atom. The molecule has 33 heavy (non-hydrogen) atoms. The van der Waals surface area contributed by atoms with Crippen LogP contribution in [0.2, 0.25) is 5.02 Å². The fourth-order valence-electron chi connectivity index (χ4n) is 3.53. The lowest BCUT2D eigenvalue weighted by molar-refractivity contribution is 0.0697. The summed E-state index contributed by atoms with van der Waals surface area (Å²) >= 11 is 9.52. The first-order valence-electron chi connectivity index (χ1n) is 9.83. The lowest BCUT2D eigenvalue weighted by atomic mass is 10.1. The molecule has 0 fully saturated rings. The van der Waals surface area contributed by atoms with E-state index in [1.165, 1.54) is 18.2 Å². The standard InChI is InChI=1S/C25H17BrClF2NO3/c1-14-2-8-23(30(14)18-6-7-21(27)19(12-18)25(31)32)20-10-16(26)4-9-24(20)33-13-15-3-5-17(28)11-22(15)29/h2-12H,13H2,1H3,(H,31,32). The highest BCUT2D eigenvalue weighted by molar-refractivity contribution is 9.10. The smallest absolute Gasteiger partial charge is 0.337 e. The first-order valence-corrected chi connectivity index (χ1v) is 11.0. The monoisotopic (exact) mass is 531 g/mol. The zero-order chi connectivity index (χ0) is 23.7. The van der Waals surface area contributed by atoms with Crippen molar-refractivity contribution in [1.29, 1.82) is 0 Å². The van der Waals surface area contributed by atoms with Gasteiger partial charge in [-0.2, -0.15) is 0 Å². The SMILES string of the molecule is Cc1ccc(-c2cc(Br)ccc2OCc2ccc(F)cc2F)n1-c1ccc(Cl)c(C(=O)O)c1. The fourth-order valence-corrected chi connectivity index (χ4v) is 4.09. The molecular formula is C25H17BrClF2NO3. The molecular weight excluding hydrogens is 516 g/mol. The molecule has 0 unspecified atom stereocenters. The summed E-state index contributed by atoms with van der Waals surface area (Å²) in [6.07, 6.45) is 0.